The van der Waals surface area contributed by atoms with Crippen LogP contribution in [0.5, 0.6) is 5.75 Å². The number of ether oxygens (including phenoxy) is 1. The highest BCUT2D eigenvalue weighted by Gasteiger charge is 2.26. The van der Waals surface area contributed by atoms with Gasteiger partial charge < -0.3 is 4.74 Å². The third-order valence-electron chi connectivity index (χ3n) is 3.98. The second kappa shape index (κ2) is 9.60. The lowest BCUT2D eigenvalue weighted by Gasteiger charge is -2.22. The number of methoxy groups -OCH3 is 1. The van der Waals surface area contributed by atoms with Crippen LogP contribution in [0.4, 0.5) is 0 Å². The molecule has 0 heterocycles. The molecule has 0 aliphatic carbocycles. The van der Waals surface area contributed by atoms with Gasteiger partial charge in [0.1, 0.15) is 5.75 Å². The minimum Gasteiger partial charge on any atom is -0.496 e. The van der Waals surface area contributed by atoms with Gasteiger partial charge in [0.25, 0.3) is 14.1 Å². The largest absolute Gasteiger partial charge is 0.496 e. The van der Waals surface area contributed by atoms with Gasteiger partial charge in [-0.25, -0.2) is 0 Å². The molecule has 0 N–H and O–H groups in total. The van der Waals surface area contributed by atoms with Crippen molar-refractivity contribution in [3.63, 3.8) is 0 Å². The van der Waals surface area contributed by atoms with Crippen LogP contribution in [-0.2, 0) is 0 Å². The van der Waals surface area contributed by atoms with Gasteiger partial charge in [-0.1, -0.05) is 87.5 Å². The average molecular weight is 332 g/mol. The van der Waals surface area contributed by atoms with Crippen LogP contribution >= 0.6 is 0 Å². The number of hydrogen-bond donors (Lipinski definition) is 0. The first kappa shape index (κ1) is 19.6. The lowest BCUT2D eigenvalue weighted by molar-refractivity contribution is 0.414. The van der Waals surface area contributed by atoms with E-state index in [1.165, 1.54) is 16.1 Å². The average Bonchev–Trinajstić information content (AvgIpc) is 2.43. The van der Waals surface area contributed by atoms with Crippen LogP contribution in [0.2, 0.25) is 23.7 Å². The van der Waals surface area contributed by atoms with Gasteiger partial charge >= 0.3 is 0 Å². The zero-order valence-electron chi connectivity index (χ0n) is 15.4. The summed E-state index contributed by atoms with van der Waals surface area (Å²) in [6.07, 6.45) is 2.48. The molecule has 0 atom stereocenters. The smallest absolute Gasteiger partial charge is 0.294 e. The van der Waals surface area contributed by atoms with E-state index in [9.17, 15) is 0 Å². The molecule has 1 aromatic carbocycles. The maximum Gasteiger partial charge on any atom is 0.294 e. The first-order chi connectivity index (χ1) is 10.3. The van der Waals surface area contributed by atoms with Crippen molar-refractivity contribution in [3.8, 4) is 5.75 Å². The summed E-state index contributed by atoms with van der Waals surface area (Å²) in [5, 5.41) is 2.85. The second-order valence-electron chi connectivity index (χ2n) is 7.30. The molecule has 0 unspecified atom stereocenters. The lowest BCUT2D eigenvalue weighted by atomic mass is 10.2. The summed E-state index contributed by atoms with van der Waals surface area (Å²) in [5.74, 6) is 2.61. The van der Waals surface area contributed by atoms with Gasteiger partial charge in [-0.05, 0) is 6.07 Å². The maximum absolute atomic E-state index is 5.55. The van der Waals surface area contributed by atoms with Gasteiger partial charge in [0.2, 0.25) is 0 Å². The first-order valence-electron chi connectivity index (χ1n) is 8.50. The molecule has 121 valence electrons. The molecule has 22 heavy (non-hydrogen) atoms. The normalized spacial score (nSPS) is 12.4. The van der Waals surface area contributed by atoms with Crippen LogP contribution in [0.1, 0.15) is 33.3 Å². The Morgan fingerprint density at radius 2 is 1.64 bits per heavy atom. The van der Waals surface area contributed by atoms with Crippen molar-refractivity contribution >= 4 is 29.0 Å². The Morgan fingerprint density at radius 3 is 2.09 bits per heavy atom. The van der Waals surface area contributed by atoms with Gasteiger partial charge in [0.05, 0.1) is 15.9 Å². The number of para-hydroxylation sites is 1. The quantitative estimate of drug-likeness (QED) is 0.554. The molecule has 0 amide bonds. The highest BCUT2D eigenvalue weighted by molar-refractivity contribution is 6.89. The van der Waals surface area contributed by atoms with E-state index in [0.29, 0.717) is 0 Å². The lowest BCUT2D eigenvalue weighted by Crippen LogP contribution is -2.28. The third kappa shape index (κ3) is 6.32. The SMILES string of the molecule is COc1ccccc1/C=[C](/[Al]([CH2]C(C)C)[CH2]C(C)C)[Si](C)C. The molecule has 0 bridgehead atoms. The summed E-state index contributed by atoms with van der Waals surface area (Å²) in [6.45, 7) is 14.4. The molecule has 1 nitrogen and oxygen atoms in total. The molecule has 0 saturated carbocycles. The fourth-order valence-corrected chi connectivity index (χ4v) is 10.9. The zero-order valence-corrected chi connectivity index (χ0v) is 17.6. The van der Waals surface area contributed by atoms with Gasteiger partial charge in [-0.2, -0.15) is 0 Å². The van der Waals surface area contributed by atoms with E-state index in [0.717, 1.165) is 17.6 Å². The van der Waals surface area contributed by atoms with E-state index in [1.807, 2.05) is 0 Å². The molecule has 1 rings (SSSR count). The molecule has 0 aromatic heterocycles. The standard InChI is InChI=1S/C11H14OSi.2C4H9.Al/c1-12-11-7-5-4-6-10(11)8-9-13(2)3;2*1-4(2)3;/h4-8H,1-3H3;2*4H,1H2,2-3H3;. The molecule has 0 spiro atoms. The fourth-order valence-electron chi connectivity index (χ4n) is 3.11. The Balaban J connectivity index is 3.20. The van der Waals surface area contributed by atoms with E-state index in [1.54, 1.807) is 11.2 Å². The van der Waals surface area contributed by atoms with Crippen molar-refractivity contribution in [2.45, 2.75) is 51.4 Å². The molecular weight excluding hydrogens is 299 g/mol. The Kier molecular flexibility index (Phi) is 8.54. The van der Waals surface area contributed by atoms with Crippen molar-refractivity contribution in [2.75, 3.05) is 7.11 Å². The van der Waals surface area contributed by atoms with Crippen LogP contribution in [0.15, 0.2) is 28.3 Å². The summed E-state index contributed by atoms with van der Waals surface area (Å²) in [7, 11) is 1.35. The van der Waals surface area contributed by atoms with Crippen molar-refractivity contribution in [1.29, 1.82) is 0 Å². The van der Waals surface area contributed by atoms with Crippen LogP contribution in [0, 0.1) is 11.8 Å². The Morgan fingerprint density at radius 1 is 1.09 bits per heavy atom. The van der Waals surface area contributed by atoms with Gasteiger partial charge in [0.15, 0.2) is 0 Å². The molecule has 0 aliphatic rings. The van der Waals surface area contributed by atoms with Crippen LogP contribution < -0.4 is 4.74 Å². The summed E-state index contributed by atoms with van der Waals surface area (Å²) in [6, 6.07) is 8.43. The molecule has 1 aromatic rings. The maximum atomic E-state index is 5.55. The Bertz CT molecular complexity index is 470. The molecule has 3 heteroatoms. The predicted molar refractivity (Wildman–Crippen MR) is 103 cm³/mol. The molecule has 0 fully saturated rings. The predicted octanol–water partition coefficient (Wildman–Crippen LogP) is 5.72. The Labute approximate surface area is 143 Å². The van der Waals surface area contributed by atoms with Crippen molar-refractivity contribution in [3.05, 3.63) is 33.9 Å². The Hall–Kier alpha value is -0.491. The van der Waals surface area contributed by atoms with E-state index in [4.69, 9.17) is 4.74 Å². The van der Waals surface area contributed by atoms with E-state index in [-0.39, 0.29) is 0 Å². The van der Waals surface area contributed by atoms with Crippen molar-refractivity contribution < 1.29 is 4.74 Å². The van der Waals surface area contributed by atoms with Crippen LogP contribution in [-0.4, -0.2) is 30.1 Å². The van der Waals surface area contributed by atoms with Crippen molar-refractivity contribution in [1.82, 2.24) is 0 Å². The summed E-state index contributed by atoms with van der Waals surface area (Å²) in [4.78, 5) is 0. The van der Waals surface area contributed by atoms with Gasteiger partial charge in [0, 0.05) is 5.56 Å². The topological polar surface area (TPSA) is 9.23 Å². The number of benzene rings is 1. The monoisotopic (exact) mass is 331 g/mol. The van der Waals surface area contributed by atoms with Crippen molar-refractivity contribution in [2.24, 2.45) is 11.8 Å². The first-order valence-corrected chi connectivity index (χ1v) is 13.2. The zero-order chi connectivity index (χ0) is 16.7. The van der Waals surface area contributed by atoms with Crippen LogP contribution in [0.25, 0.3) is 6.08 Å². The fraction of sp³-hybridized carbons (Fsp3) is 0.579. The highest BCUT2D eigenvalue weighted by atomic mass is 28.3. The summed E-state index contributed by atoms with van der Waals surface area (Å²) < 4.78 is 7.35. The van der Waals surface area contributed by atoms with E-state index < -0.39 is 22.9 Å². The number of rotatable bonds is 8. The highest BCUT2D eigenvalue weighted by Crippen LogP contribution is 2.27. The summed E-state index contributed by atoms with van der Waals surface area (Å²) in [5.41, 5.74) is 1.26. The molecular formula is C19H32AlOSi. The second-order valence-corrected chi connectivity index (χ2v) is 13.4. The van der Waals surface area contributed by atoms with Crippen LogP contribution in [0.3, 0.4) is 0 Å². The van der Waals surface area contributed by atoms with E-state index >= 15 is 0 Å². The van der Waals surface area contributed by atoms with E-state index in [2.05, 4.69) is 71.1 Å². The molecule has 1 radical (unpaired) electrons. The third-order valence-corrected chi connectivity index (χ3v) is 12.3. The molecule has 0 saturated heterocycles. The minimum absolute atomic E-state index is 0.417. The van der Waals surface area contributed by atoms with Gasteiger partial charge in [-0.3, -0.25) is 0 Å². The summed E-state index contributed by atoms with van der Waals surface area (Å²) >= 11 is -0.873. The molecule has 0 aliphatic heterocycles. The minimum atomic E-state index is -0.873. The number of hydrogen-bond acceptors (Lipinski definition) is 1. The van der Waals surface area contributed by atoms with Gasteiger partial charge in [-0.15, -0.1) is 4.06 Å².